The summed E-state index contributed by atoms with van der Waals surface area (Å²) in [7, 11) is 0. The summed E-state index contributed by atoms with van der Waals surface area (Å²) in [4.78, 5) is 4.28. The van der Waals surface area contributed by atoms with E-state index in [-0.39, 0.29) is 6.07 Å². The standard InChI is InChI=1S/C16H15ClN3O/c1-11(2)20-8-7-14(19-20)16-12-5-3-4-6-13(12)18-9-15(16)21-10-17/h3-8,11H,10H2,1-2H3. The predicted octanol–water partition coefficient (Wildman–Crippen LogP) is 4.05. The Morgan fingerprint density at radius 2 is 2.10 bits per heavy atom. The third-order valence-corrected chi connectivity index (χ3v) is 3.38. The van der Waals surface area contributed by atoms with Crippen molar-refractivity contribution in [1.82, 2.24) is 14.8 Å². The Morgan fingerprint density at radius 1 is 1.29 bits per heavy atom. The van der Waals surface area contributed by atoms with Crippen LogP contribution in [0.15, 0.2) is 36.5 Å². The molecule has 0 saturated carbocycles. The maximum absolute atomic E-state index is 5.71. The second-order valence-corrected chi connectivity index (χ2v) is 5.19. The fourth-order valence-electron chi connectivity index (χ4n) is 2.24. The first-order chi connectivity index (χ1) is 10.2. The van der Waals surface area contributed by atoms with Gasteiger partial charge in [0.25, 0.3) is 0 Å². The molecule has 1 radical (unpaired) electrons. The topological polar surface area (TPSA) is 39.9 Å². The molecule has 0 saturated heterocycles. The minimum Gasteiger partial charge on any atom is -0.475 e. The van der Waals surface area contributed by atoms with Crippen molar-refractivity contribution in [3.05, 3.63) is 42.7 Å². The summed E-state index contributed by atoms with van der Waals surface area (Å²) in [6.07, 6.45) is 4.87. The second-order valence-electron chi connectivity index (χ2n) is 4.97. The molecule has 0 amide bonds. The molecule has 21 heavy (non-hydrogen) atoms. The zero-order valence-electron chi connectivity index (χ0n) is 11.9. The molecule has 0 N–H and O–H groups in total. The molecular formula is C16H15ClN3O. The van der Waals surface area contributed by atoms with Gasteiger partial charge in [-0.05, 0) is 26.0 Å². The van der Waals surface area contributed by atoms with E-state index in [1.807, 2.05) is 41.2 Å². The molecule has 0 bridgehead atoms. The van der Waals surface area contributed by atoms with Crippen LogP contribution >= 0.6 is 11.6 Å². The van der Waals surface area contributed by atoms with Crippen LogP contribution in [0.3, 0.4) is 0 Å². The van der Waals surface area contributed by atoms with E-state index in [1.165, 1.54) is 0 Å². The molecule has 5 heteroatoms. The number of benzene rings is 1. The Labute approximate surface area is 128 Å². The van der Waals surface area contributed by atoms with Crippen molar-refractivity contribution < 1.29 is 4.74 Å². The van der Waals surface area contributed by atoms with Crippen LogP contribution < -0.4 is 4.74 Å². The molecule has 0 aliphatic rings. The zero-order chi connectivity index (χ0) is 14.8. The van der Waals surface area contributed by atoms with E-state index >= 15 is 0 Å². The molecular weight excluding hydrogens is 286 g/mol. The molecule has 3 rings (SSSR count). The van der Waals surface area contributed by atoms with Gasteiger partial charge in [-0.15, -0.1) is 0 Å². The highest BCUT2D eigenvalue weighted by atomic mass is 35.5. The number of rotatable bonds is 4. The molecule has 0 unspecified atom stereocenters. The van der Waals surface area contributed by atoms with E-state index in [0.717, 1.165) is 22.2 Å². The number of ether oxygens (including phenoxy) is 1. The van der Waals surface area contributed by atoms with Gasteiger partial charge in [0.2, 0.25) is 0 Å². The van der Waals surface area contributed by atoms with Gasteiger partial charge in [0, 0.05) is 17.6 Å². The third-order valence-electron chi connectivity index (χ3n) is 3.27. The number of para-hydroxylation sites is 1. The molecule has 0 atom stereocenters. The molecule has 1 aromatic carbocycles. The highest BCUT2D eigenvalue weighted by Gasteiger charge is 2.15. The van der Waals surface area contributed by atoms with Crippen molar-refractivity contribution in [1.29, 1.82) is 0 Å². The van der Waals surface area contributed by atoms with Crippen molar-refractivity contribution in [2.24, 2.45) is 0 Å². The highest BCUT2D eigenvalue weighted by molar-refractivity contribution is 6.17. The maximum atomic E-state index is 5.71. The monoisotopic (exact) mass is 300 g/mol. The van der Waals surface area contributed by atoms with E-state index in [0.29, 0.717) is 11.8 Å². The molecule has 0 fully saturated rings. The van der Waals surface area contributed by atoms with E-state index in [1.54, 1.807) is 0 Å². The quantitative estimate of drug-likeness (QED) is 0.682. The lowest BCUT2D eigenvalue weighted by atomic mass is 10.1. The molecule has 0 aliphatic carbocycles. The Balaban J connectivity index is 2.23. The summed E-state index contributed by atoms with van der Waals surface area (Å²) in [6.45, 7) is 4.17. The van der Waals surface area contributed by atoms with Crippen molar-refractivity contribution in [3.8, 4) is 17.0 Å². The molecule has 2 heterocycles. The lowest BCUT2D eigenvalue weighted by Gasteiger charge is -2.10. The van der Waals surface area contributed by atoms with Crippen LogP contribution in [0.5, 0.6) is 5.75 Å². The number of fused-ring (bicyclic) bond motifs is 1. The Morgan fingerprint density at radius 3 is 2.81 bits per heavy atom. The van der Waals surface area contributed by atoms with E-state index in [9.17, 15) is 0 Å². The number of pyridine rings is 1. The SMILES string of the molecule is CC(C)n1ccc(-c2c(OCCl)[c]nc3ccccc23)n1. The summed E-state index contributed by atoms with van der Waals surface area (Å²) >= 11 is 5.71. The fraction of sp³-hybridized carbons (Fsp3) is 0.250. The number of hydrogen-bond acceptors (Lipinski definition) is 3. The van der Waals surface area contributed by atoms with Gasteiger partial charge in [-0.2, -0.15) is 5.10 Å². The number of aromatic nitrogens is 3. The van der Waals surface area contributed by atoms with Gasteiger partial charge < -0.3 is 4.74 Å². The smallest absolute Gasteiger partial charge is 0.162 e. The predicted molar refractivity (Wildman–Crippen MR) is 83.5 cm³/mol. The van der Waals surface area contributed by atoms with E-state index in [4.69, 9.17) is 16.3 Å². The molecule has 4 nitrogen and oxygen atoms in total. The summed E-state index contributed by atoms with van der Waals surface area (Å²) in [5, 5.41) is 5.60. The van der Waals surface area contributed by atoms with Crippen LogP contribution in [-0.4, -0.2) is 20.8 Å². The average Bonchev–Trinajstić information content (AvgIpc) is 2.97. The Hall–Kier alpha value is -2.07. The van der Waals surface area contributed by atoms with Crippen molar-refractivity contribution >= 4 is 22.5 Å². The number of alkyl halides is 1. The molecule has 0 aliphatic heterocycles. The van der Waals surface area contributed by atoms with Gasteiger partial charge >= 0.3 is 0 Å². The highest BCUT2D eigenvalue weighted by Crippen LogP contribution is 2.34. The molecule has 0 spiro atoms. The van der Waals surface area contributed by atoms with Gasteiger partial charge in [-0.1, -0.05) is 29.8 Å². The lowest BCUT2D eigenvalue weighted by Crippen LogP contribution is -2.01. The van der Waals surface area contributed by atoms with Crippen LogP contribution in [0.2, 0.25) is 0 Å². The minimum atomic E-state index is 0.0500. The van der Waals surface area contributed by atoms with Crippen LogP contribution in [0.25, 0.3) is 22.2 Å². The minimum absolute atomic E-state index is 0.0500. The largest absolute Gasteiger partial charge is 0.475 e. The molecule has 2 aromatic heterocycles. The average molecular weight is 301 g/mol. The summed E-state index contributed by atoms with van der Waals surface area (Å²) in [5.41, 5.74) is 2.56. The normalized spacial score (nSPS) is 11.2. The van der Waals surface area contributed by atoms with Crippen molar-refractivity contribution in [2.45, 2.75) is 19.9 Å². The molecule has 107 valence electrons. The van der Waals surface area contributed by atoms with Crippen LogP contribution in [0.1, 0.15) is 19.9 Å². The first-order valence-electron chi connectivity index (χ1n) is 6.75. The molecule has 3 aromatic rings. The van der Waals surface area contributed by atoms with Gasteiger partial charge in [0.15, 0.2) is 11.8 Å². The van der Waals surface area contributed by atoms with Crippen molar-refractivity contribution in [2.75, 3.05) is 6.07 Å². The number of hydrogen-bond donors (Lipinski definition) is 0. The van der Waals surface area contributed by atoms with Crippen LogP contribution in [0.4, 0.5) is 0 Å². The fourth-order valence-corrected chi connectivity index (χ4v) is 2.35. The first-order valence-corrected chi connectivity index (χ1v) is 7.29. The van der Waals surface area contributed by atoms with Gasteiger partial charge in [0.1, 0.15) is 6.20 Å². The van der Waals surface area contributed by atoms with E-state index in [2.05, 4.69) is 30.1 Å². The summed E-state index contributed by atoms with van der Waals surface area (Å²) < 4.78 is 7.38. The number of halogens is 1. The Bertz CT molecular complexity index is 767. The van der Waals surface area contributed by atoms with Crippen molar-refractivity contribution in [3.63, 3.8) is 0 Å². The zero-order valence-corrected chi connectivity index (χ0v) is 12.6. The van der Waals surface area contributed by atoms with Crippen LogP contribution in [-0.2, 0) is 0 Å². The summed E-state index contributed by atoms with van der Waals surface area (Å²) in [5.74, 6) is 0.526. The second kappa shape index (κ2) is 5.74. The summed E-state index contributed by atoms with van der Waals surface area (Å²) in [6, 6.07) is 10.2. The maximum Gasteiger partial charge on any atom is 0.162 e. The van der Waals surface area contributed by atoms with Crippen LogP contribution in [0, 0.1) is 6.20 Å². The first kappa shape index (κ1) is 13.9. The Kier molecular flexibility index (Phi) is 3.80. The van der Waals surface area contributed by atoms with Gasteiger partial charge in [-0.25, -0.2) is 4.98 Å². The third kappa shape index (κ3) is 2.59. The lowest BCUT2D eigenvalue weighted by molar-refractivity contribution is 0.387. The van der Waals surface area contributed by atoms with Gasteiger partial charge in [-0.3, -0.25) is 4.68 Å². The number of nitrogens with zero attached hydrogens (tertiary/aromatic N) is 3. The van der Waals surface area contributed by atoms with Gasteiger partial charge in [0.05, 0.1) is 16.8 Å². The van der Waals surface area contributed by atoms with E-state index < -0.39 is 0 Å².